The van der Waals surface area contributed by atoms with Crippen LogP contribution in [0.25, 0.3) is 5.69 Å². The number of nitrogens with zero attached hydrogens (tertiary/aromatic N) is 3. The molecule has 1 aromatic carbocycles. The van der Waals surface area contributed by atoms with Crippen molar-refractivity contribution in [2.45, 2.75) is 44.1 Å². The number of benzene rings is 1. The van der Waals surface area contributed by atoms with E-state index in [9.17, 15) is 8.42 Å². The predicted molar refractivity (Wildman–Crippen MR) is 96.3 cm³/mol. The van der Waals surface area contributed by atoms with E-state index in [1.54, 1.807) is 23.1 Å². The van der Waals surface area contributed by atoms with E-state index in [4.69, 9.17) is 4.74 Å². The molecule has 1 aliphatic rings. The number of rotatable bonds is 6. The van der Waals surface area contributed by atoms with Crippen LogP contribution >= 0.6 is 0 Å². The Labute approximate surface area is 149 Å². The number of hydrogen-bond donors (Lipinski definition) is 0. The van der Waals surface area contributed by atoms with Gasteiger partial charge in [-0.1, -0.05) is 13.0 Å². The predicted octanol–water partition coefficient (Wildman–Crippen LogP) is 2.76. The normalized spacial score (nSPS) is 18.6. The maximum atomic E-state index is 13.2. The second-order valence-electron chi connectivity index (χ2n) is 6.34. The fourth-order valence-electron chi connectivity index (χ4n) is 3.15. The molecule has 0 N–H and O–H groups in total. The molecule has 7 heteroatoms. The molecule has 0 amide bonds. The zero-order chi connectivity index (χ0) is 17.9. The molecule has 0 saturated carbocycles. The second kappa shape index (κ2) is 7.68. The highest BCUT2D eigenvalue weighted by atomic mass is 32.2. The highest BCUT2D eigenvalue weighted by molar-refractivity contribution is 7.89. The van der Waals surface area contributed by atoms with Crippen molar-refractivity contribution < 1.29 is 13.2 Å². The third kappa shape index (κ3) is 3.94. The van der Waals surface area contributed by atoms with Gasteiger partial charge in [0.1, 0.15) is 0 Å². The van der Waals surface area contributed by atoms with Crippen molar-refractivity contribution in [2.75, 3.05) is 19.7 Å². The van der Waals surface area contributed by atoms with Gasteiger partial charge in [-0.05, 0) is 49.9 Å². The molecule has 2 heterocycles. The average molecular weight is 363 g/mol. The van der Waals surface area contributed by atoms with Crippen LogP contribution in [0.2, 0.25) is 0 Å². The highest BCUT2D eigenvalue weighted by Crippen LogP contribution is 2.24. The molecule has 1 unspecified atom stereocenters. The van der Waals surface area contributed by atoms with Crippen LogP contribution in [-0.2, 0) is 14.8 Å². The van der Waals surface area contributed by atoms with Crippen LogP contribution in [0.5, 0.6) is 0 Å². The summed E-state index contributed by atoms with van der Waals surface area (Å²) >= 11 is 0. The molecular weight excluding hydrogens is 338 g/mol. The van der Waals surface area contributed by atoms with Crippen LogP contribution < -0.4 is 0 Å². The number of likely N-dealkylation sites (N-methyl/N-ethyl adjacent to an activating group) is 1. The molecule has 136 valence electrons. The minimum Gasteiger partial charge on any atom is -0.377 e. The molecule has 25 heavy (non-hydrogen) atoms. The van der Waals surface area contributed by atoms with Crippen molar-refractivity contribution >= 4 is 10.0 Å². The first-order valence-electron chi connectivity index (χ1n) is 8.75. The lowest BCUT2D eigenvalue weighted by Gasteiger charge is -2.29. The third-order valence-corrected chi connectivity index (χ3v) is 6.68. The maximum Gasteiger partial charge on any atom is 0.243 e. The summed E-state index contributed by atoms with van der Waals surface area (Å²) in [6.07, 6.45) is 6.52. The van der Waals surface area contributed by atoms with Gasteiger partial charge in [-0.25, -0.2) is 13.1 Å². The van der Waals surface area contributed by atoms with Gasteiger partial charge < -0.3 is 4.74 Å². The van der Waals surface area contributed by atoms with E-state index in [0.717, 1.165) is 37.1 Å². The Morgan fingerprint density at radius 2 is 2.20 bits per heavy atom. The van der Waals surface area contributed by atoms with E-state index < -0.39 is 10.0 Å². The molecule has 0 radical (unpaired) electrons. The Kier molecular flexibility index (Phi) is 5.56. The average Bonchev–Trinajstić information content (AvgIpc) is 3.15. The van der Waals surface area contributed by atoms with Crippen molar-refractivity contribution in [2.24, 2.45) is 0 Å². The van der Waals surface area contributed by atoms with E-state index >= 15 is 0 Å². The smallest absolute Gasteiger partial charge is 0.243 e. The highest BCUT2D eigenvalue weighted by Gasteiger charge is 2.28. The van der Waals surface area contributed by atoms with E-state index in [0.29, 0.717) is 18.0 Å². The van der Waals surface area contributed by atoms with Crippen LogP contribution in [0.3, 0.4) is 0 Å². The SMILES string of the molecule is CCN(CC1CCCCO1)S(=O)(=O)c1cc(-n2cccn2)ccc1C. The van der Waals surface area contributed by atoms with Crippen LogP contribution in [0.1, 0.15) is 31.7 Å². The summed E-state index contributed by atoms with van der Waals surface area (Å²) in [5, 5.41) is 4.19. The number of aryl methyl sites for hydroxylation is 1. The second-order valence-corrected chi connectivity index (χ2v) is 8.25. The van der Waals surface area contributed by atoms with Gasteiger partial charge in [-0.3, -0.25) is 0 Å². The molecule has 0 spiro atoms. The van der Waals surface area contributed by atoms with Gasteiger partial charge >= 0.3 is 0 Å². The lowest BCUT2D eigenvalue weighted by Crippen LogP contribution is -2.39. The van der Waals surface area contributed by atoms with Gasteiger partial charge in [-0.2, -0.15) is 9.40 Å². The summed E-state index contributed by atoms with van der Waals surface area (Å²) in [5.74, 6) is 0. The van der Waals surface area contributed by atoms with Gasteiger partial charge in [-0.15, -0.1) is 0 Å². The number of sulfonamides is 1. The van der Waals surface area contributed by atoms with Gasteiger partial charge in [0.2, 0.25) is 10.0 Å². The lowest BCUT2D eigenvalue weighted by molar-refractivity contribution is 0.00670. The quantitative estimate of drug-likeness (QED) is 0.792. The first-order valence-corrected chi connectivity index (χ1v) is 10.2. The van der Waals surface area contributed by atoms with E-state index in [-0.39, 0.29) is 6.10 Å². The largest absolute Gasteiger partial charge is 0.377 e. The third-order valence-electron chi connectivity index (χ3n) is 4.59. The van der Waals surface area contributed by atoms with Gasteiger partial charge in [0.25, 0.3) is 0 Å². The summed E-state index contributed by atoms with van der Waals surface area (Å²) < 4.78 is 35.4. The number of aromatic nitrogens is 2. The number of ether oxygens (including phenoxy) is 1. The molecule has 1 aliphatic heterocycles. The molecule has 0 bridgehead atoms. The van der Waals surface area contributed by atoms with Crippen molar-refractivity contribution in [1.82, 2.24) is 14.1 Å². The van der Waals surface area contributed by atoms with Crippen LogP contribution in [-0.4, -0.2) is 48.3 Å². The standard InChI is InChI=1S/C18H25N3O3S/c1-3-20(14-17-7-4-5-12-24-17)25(22,23)18-13-16(9-8-15(18)2)21-11-6-10-19-21/h6,8-11,13,17H,3-5,7,12,14H2,1-2H3. The maximum absolute atomic E-state index is 13.2. The molecule has 2 aromatic rings. The lowest BCUT2D eigenvalue weighted by atomic mass is 10.1. The molecule has 0 aliphatic carbocycles. The van der Waals surface area contributed by atoms with Gasteiger partial charge in [0, 0.05) is 32.1 Å². The van der Waals surface area contributed by atoms with Crippen LogP contribution in [0.4, 0.5) is 0 Å². The summed E-state index contributed by atoms with van der Waals surface area (Å²) in [7, 11) is -3.58. The van der Waals surface area contributed by atoms with Crippen LogP contribution in [0.15, 0.2) is 41.6 Å². The summed E-state index contributed by atoms with van der Waals surface area (Å²) in [4.78, 5) is 0.332. The molecule has 6 nitrogen and oxygen atoms in total. The fourth-order valence-corrected chi connectivity index (χ4v) is 4.87. The topological polar surface area (TPSA) is 64.4 Å². The minimum absolute atomic E-state index is 0.0157. The minimum atomic E-state index is -3.58. The zero-order valence-electron chi connectivity index (χ0n) is 14.8. The molecule has 1 fully saturated rings. The Balaban J connectivity index is 1.90. The van der Waals surface area contributed by atoms with Crippen molar-refractivity contribution in [3.05, 3.63) is 42.2 Å². The first-order chi connectivity index (χ1) is 12.0. The van der Waals surface area contributed by atoms with Crippen molar-refractivity contribution in [3.63, 3.8) is 0 Å². The summed E-state index contributed by atoms with van der Waals surface area (Å²) in [6.45, 7) is 5.24. The Morgan fingerprint density at radius 3 is 2.84 bits per heavy atom. The van der Waals surface area contributed by atoms with Crippen LogP contribution in [0, 0.1) is 6.92 Å². The Morgan fingerprint density at radius 1 is 1.36 bits per heavy atom. The van der Waals surface area contributed by atoms with Gasteiger partial charge in [0.15, 0.2) is 0 Å². The molecule has 1 saturated heterocycles. The monoisotopic (exact) mass is 363 g/mol. The molecule has 1 atom stereocenters. The van der Waals surface area contributed by atoms with E-state index in [1.165, 1.54) is 4.31 Å². The number of hydrogen-bond acceptors (Lipinski definition) is 4. The summed E-state index contributed by atoms with van der Waals surface area (Å²) in [6, 6.07) is 7.21. The van der Waals surface area contributed by atoms with E-state index in [2.05, 4.69) is 5.10 Å². The molecular formula is C18H25N3O3S. The zero-order valence-corrected chi connectivity index (χ0v) is 15.6. The van der Waals surface area contributed by atoms with E-state index in [1.807, 2.05) is 32.0 Å². The first kappa shape index (κ1) is 18.1. The van der Waals surface area contributed by atoms with Gasteiger partial charge in [0.05, 0.1) is 16.7 Å². The Hall–Kier alpha value is -1.70. The Bertz CT molecular complexity index is 797. The fraction of sp³-hybridized carbons (Fsp3) is 0.500. The van der Waals surface area contributed by atoms with Crippen molar-refractivity contribution in [1.29, 1.82) is 0 Å². The molecule has 1 aromatic heterocycles. The summed E-state index contributed by atoms with van der Waals surface area (Å²) in [5.41, 5.74) is 1.47. The van der Waals surface area contributed by atoms with Crippen molar-refractivity contribution in [3.8, 4) is 5.69 Å². The molecule has 3 rings (SSSR count).